The number of nitrogens with one attached hydrogen (secondary N) is 1. The molecule has 0 aliphatic carbocycles. The van der Waals surface area contributed by atoms with Gasteiger partial charge in [0.05, 0.1) is 6.61 Å². The van der Waals surface area contributed by atoms with Crippen LogP contribution in [0.15, 0.2) is 12.2 Å². The number of likely N-dealkylation sites (N-methyl/N-ethyl adjacent to an activating group) is 1. The normalized spacial score (nSPS) is 10.2. The fraction of sp³-hybridized carbons (Fsp3) is 0.500. The van der Waals surface area contributed by atoms with Crippen molar-refractivity contribution in [3.63, 3.8) is 0 Å². The number of rotatable bonds is 6. The van der Waals surface area contributed by atoms with Gasteiger partial charge in [0.15, 0.2) is 0 Å². The van der Waals surface area contributed by atoms with Crippen LogP contribution in [0.25, 0.3) is 0 Å². The third-order valence-corrected chi connectivity index (χ3v) is 1.84. The first kappa shape index (κ1) is 15.1. The van der Waals surface area contributed by atoms with Gasteiger partial charge in [-0.2, -0.15) is 0 Å². The lowest BCUT2D eigenvalue weighted by atomic mass is 10.4. The number of hydrogen-bond acceptors (Lipinski definition) is 4. The molecule has 0 aromatic heterocycles. The van der Waals surface area contributed by atoms with Crippen LogP contribution in [-0.4, -0.2) is 54.7 Å². The van der Waals surface area contributed by atoms with Crippen LogP contribution < -0.4 is 5.32 Å². The molecule has 7 nitrogen and oxygen atoms in total. The molecule has 17 heavy (non-hydrogen) atoms. The van der Waals surface area contributed by atoms with Gasteiger partial charge in [-0.05, 0) is 6.92 Å². The highest BCUT2D eigenvalue weighted by Gasteiger charge is 2.12. The Hall–Kier alpha value is -1.89. The SMILES string of the molecule is CCN(CCOC)C(=O)NC(=O)/C=C/C(=O)O. The Morgan fingerprint density at radius 1 is 1.35 bits per heavy atom. The van der Waals surface area contributed by atoms with Crippen molar-refractivity contribution >= 4 is 17.9 Å². The van der Waals surface area contributed by atoms with Gasteiger partial charge in [-0.1, -0.05) is 0 Å². The van der Waals surface area contributed by atoms with E-state index >= 15 is 0 Å². The summed E-state index contributed by atoms with van der Waals surface area (Å²) in [6.45, 7) is 2.90. The highest BCUT2D eigenvalue weighted by atomic mass is 16.5. The molecule has 0 atom stereocenters. The number of carbonyl (C=O) groups excluding carboxylic acids is 2. The molecule has 0 unspecified atom stereocenters. The van der Waals surface area contributed by atoms with Crippen LogP contribution in [0.5, 0.6) is 0 Å². The number of aliphatic carboxylic acids is 1. The van der Waals surface area contributed by atoms with Crippen LogP contribution in [-0.2, 0) is 14.3 Å². The summed E-state index contributed by atoms with van der Waals surface area (Å²) in [4.78, 5) is 34.1. The van der Waals surface area contributed by atoms with Crippen molar-refractivity contribution in [3.05, 3.63) is 12.2 Å². The summed E-state index contributed by atoms with van der Waals surface area (Å²) in [6, 6.07) is -0.579. The van der Waals surface area contributed by atoms with Crippen molar-refractivity contribution in [2.24, 2.45) is 0 Å². The average molecular weight is 244 g/mol. The van der Waals surface area contributed by atoms with Gasteiger partial charge in [0.1, 0.15) is 0 Å². The zero-order valence-corrected chi connectivity index (χ0v) is 9.80. The molecule has 0 aromatic carbocycles. The highest BCUT2D eigenvalue weighted by molar-refractivity contribution is 6.02. The zero-order chi connectivity index (χ0) is 13.3. The predicted molar refractivity (Wildman–Crippen MR) is 59.4 cm³/mol. The minimum absolute atomic E-state index is 0.356. The third kappa shape index (κ3) is 7.07. The van der Waals surface area contributed by atoms with E-state index in [1.54, 1.807) is 6.92 Å². The number of carboxylic acids is 1. The number of hydrogen-bond donors (Lipinski definition) is 2. The monoisotopic (exact) mass is 244 g/mol. The van der Waals surface area contributed by atoms with Gasteiger partial charge >= 0.3 is 12.0 Å². The number of carbonyl (C=O) groups is 3. The molecule has 0 saturated carbocycles. The lowest BCUT2D eigenvalue weighted by molar-refractivity contribution is -0.131. The average Bonchev–Trinajstić information content (AvgIpc) is 2.27. The maximum Gasteiger partial charge on any atom is 0.328 e. The number of urea groups is 1. The molecule has 3 amide bonds. The number of carboxylic acid groups (broad SMARTS) is 1. The van der Waals surface area contributed by atoms with Crippen LogP contribution in [0.2, 0.25) is 0 Å². The number of ether oxygens (including phenoxy) is 1. The third-order valence-electron chi connectivity index (χ3n) is 1.84. The molecule has 0 aliphatic heterocycles. The summed E-state index contributed by atoms with van der Waals surface area (Å²) < 4.78 is 4.81. The molecular weight excluding hydrogens is 228 g/mol. The molecule has 0 radical (unpaired) electrons. The number of amides is 3. The van der Waals surface area contributed by atoms with E-state index in [9.17, 15) is 14.4 Å². The summed E-state index contributed by atoms with van der Waals surface area (Å²) in [7, 11) is 1.51. The Bertz CT molecular complexity index is 314. The second kappa shape index (κ2) is 8.28. The molecule has 2 N–H and O–H groups in total. The molecule has 0 aromatic rings. The van der Waals surface area contributed by atoms with E-state index in [1.807, 2.05) is 5.32 Å². The van der Waals surface area contributed by atoms with E-state index in [-0.39, 0.29) is 0 Å². The second-order valence-corrected chi connectivity index (χ2v) is 3.04. The van der Waals surface area contributed by atoms with E-state index in [0.29, 0.717) is 25.8 Å². The maximum atomic E-state index is 11.5. The van der Waals surface area contributed by atoms with Gasteiger partial charge in [0, 0.05) is 32.4 Å². The number of methoxy groups -OCH3 is 1. The fourth-order valence-electron chi connectivity index (χ4n) is 0.978. The van der Waals surface area contributed by atoms with Gasteiger partial charge in [0.2, 0.25) is 0 Å². The van der Waals surface area contributed by atoms with E-state index in [2.05, 4.69) is 0 Å². The van der Waals surface area contributed by atoms with Crippen molar-refractivity contribution in [1.82, 2.24) is 10.2 Å². The first-order valence-electron chi connectivity index (χ1n) is 5.01. The summed E-state index contributed by atoms with van der Waals surface area (Å²) in [6.07, 6.45) is 1.44. The van der Waals surface area contributed by atoms with Gasteiger partial charge in [0.25, 0.3) is 5.91 Å². The summed E-state index contributed by atoms with van der Waals surface area (Å²) in [5, 5.41) is 10.3. The lowest BCUT2D eigenvalue weighted by Gasteiger charge is -2.19. The summed E-state index contributed by atoms with van der Waals surface area (Å²) >= 11 is 0. The Morgan fingerprint density at radius 2 is 2.00 bits per heavy atom. The first-order chi connectivity index (χ1) is 8.01. The molecule has 0 fully saturated rings. The van der Waals surface area contributed by atoms with Crippen LogP contribution in [0.1, 0.15) is 6.92 Å². The molecule has 0 heterocycles. The molecule has 0 rings (SSSR count). The predicted octanol–water partition coefficient (Wildman–Crippen LogP) is -0.168. The molecule has 0 saturated heterocycles. The van der Waals surface area contributed by atoms with Gasteiger partial charge in [-0.15, -0.1) is 0 Å². The Kier molecular flexibility index (Phi) is 7.36. The smallest absolute Gasteiger partial charge is 0.328 e. The minimum Gasteiger partial charge on any atom is -0.478 e. The van der Waals surface area contributed by atoms with E-state index in [1.165, 1.54) is 12.0 Å². The maximum absolute atomic E-state index is 11.5. The number of imide groups is 1. The molecule has 7 heteroatoms. The standard InChI is InChI=1S/C10H16N2O5/c1-3-12(6-7-17-2)10(16)11-8(13)4-5-9(14)15/h4-5H,3,6-7H2,1-2H3,(H,14,15)(H,11,13,16)/b5-4+. The topological polar surface area (TPSA) is 95.9 Å². The molecule has 96 valence electrons. The molecule has 0 aliphatic rings. The van der Waals surface area contributed by atoms with Crippen LogP contribution in [0.4, 0.5) is 4.79 Å². The minimum atomic E-state index is -1.25. The summed E-state index contributed by atoms with van der Waals surface area (Å²) in [5.41, 5.74) is 0. The zero-order valence-electron chi connectivity index (χ0n) is 9.80. The van der Waals surface area contributed by atoms with Crippen LogP contribution in [0, 0.1) is 0 Å². The molecular formula is C10H16N2O5. The molecule has 0 spiro atoms. The van der Waals surface area contributed by atoms with Gasteiger partial charge < -0.3 is 14.7 Å². The van der Waals surface area contributed by atoms with Crippen LogP contribution in [0.3, 0.4) is 0 Å². The lowest BCUT2D eigenvalue weighted by Crippen LogP contribution is -2.43. The Morgan fingerprint density at radius 3 is 2.47 bits per heavy atom. The number of nitrogens with zero attached hydrogens (tertiary/aromatic N) is 1. The quantitative estimate of drug-likeness (QED) is 0.632. The highest BCUT2D eigenvalue weighted by Crippen LogP contribution is 1.89. The second-order valence-electron chi connectivity index (χ2n) is 3.04. The van der Waals surface area contributed by atoms with Crippen molar-refractivity contribution < 1.29 is 24.2 Å². The van der Waals surface area contributed by atoms with E-state index < -0.39 is 17.9 Å². The Labute approximate surface area is 99.0 Å². The van der Waals surface area contributed by atoms with Crippen molar-refractivity contribution in [3.8, 4) is 0 Å². The Balaban J connectivity index is 4.21. The van der Waals surface area contributed by atoms with Crippen LogP contribution >= 0.6 is 0 Å². The van der Waals surface area contributed by atoms with Crippen molar-refractivity contribution in [2.75, 3.05) is 26.8 Å². The van der Waals surface area contributed by atoms with Crippen molar-refractivity contribution in [1.29, 1.82) is 0 Å². The largest absolute Gasteiger partial charge is 0.478 e. The van der Waals surface area contributed by atoms with Crippen molar-refractivity contribution in [2.45, 2.75) is 6.92 Å². The molecule has 0 bridgehead atoms. The van der Waals surface area contributed by atoms with E-state index in [0.717, 1.165) is 6.08 Å². The van der Waals surface area contributed by atoms with Gasteiger partial charge in [-0.25, -0.2) is 9.59 Å². The fourth-order valence-corrected chi connectivity index (χ4v) is 0.978. The first-order valence-corrected chi connectivity index (χ1v) is 5.01. The summed E-state index contributed by atoms with van der Waals surface area (Å²) in [5.74, 6) is -2.02. The van der Waals surface area contributed by atoms with Gasteiger partial charge in [-0.3, -0.25) is 10.1 Å². The van der Waals surface area contributed by atoms with E-state index in [4.69, 9.17) is 9.84 Å².